The maximum atomic E-state index is 12.0. The van der Waals surface area contributed by atoms with E-state index in [9.17, 15) is 9.59 Å². The lowest BCUT2D eigenvalue weighted by Crippen LogP contribution is -2.13. The molecule has 0 saturated carbocycles. The fraction of sp³-hybridized carbons (Fsp3) is 0.200. The lowest BCUT2D eigenvalue weighted by Gasteiger charge is -1.99. The molecule has 0 atom stereocenters. The Balaban J connectivity index is 1.60. The van der Waals surface area contributed by atoms with Gasteiger partial charge in [0.05, 0.1) is 29.6 Å². The maximum absolute atomic E-state index is 12.0. The Bertz CT molecular complexity index is 870. The second-order valence-electron chi connectivity index (χ2n) is 4.82. The van der Waals surface area contributed by atoms with E-state index in [1.165, 1.54) is 18.9 Å². The van der Waals surface area contributed by atoms with E-state index in [2.05, 4.69) is 25.0 Å². The number of thiazole rings is 1. The third-order valence-electron chi connectivity index (χ3n) is 3.12. The lowest BCUT2D eigenvalue weighted by molar-refractivity contribution is -0.113. The normalized spacial score (nSPS) is 10.8. The Morgan fingerprint density at radius 2 is 2.12 bits per heavy atom. The van der Waals surface area contributed by atoms with Crippen molar-refractivity contribution in [2.24, 2.45) is 0 Å². The van der Waals surface area contributed by atoms with Crippen molar-refractivity contribution >= 4 is 51.1 Å². The molecule has 1 aromatic carbocycles. The number of hydrogen-bond donors (Lipinski definition) is 2. The Hall–Kier alpha value is -2.39. The van der Waals surface area contributed by atoms with E-state index < -0.39 is 5.97 Å². The first kappa shape index (κ1) is 16.5. The molecule has 1 amide bonds. The number of thioether (sulfide) groups is 1. The molecule has 9 heteroatoms. The minimum absolute atomic E-state index is 0.187. The lowest BCUT2D eigenvalue weighted by atomic mass is 10.3. The molecule has 0 aliphatic rings. The first-order valence-corrected chi connectivity index (χ1v) is 8.80. The minimum Gasteiger partial charge on any atom is -0.465 e. The largest absolute Gasteiger partial charge is 0.465 e. The Morgan fingerprint density at radius 3 is 2.88 bits per heavy atom. The topological polar surface area (TPSA) is 97.0 Å². The van der Waals surface area contributed by atoms with Gasteiger partial charge in [-0.05, 0) is 19.1 Å². The van der Waals surface area contributed by atoms with Gasteiger partial charge in [-0.25, -0.2) is 14.8 Å². The SMILES string of the molecule is COC(=O)c1sc(NC(=O)CSc2nc3ccccc3[nH]2)nc1C. The summed E-state index contributed by atoms with van der Waals surface area (Å²) >= 11 is 2.40. The van der Waals surface area contributed by atoms with Crippen LogP contribution in [-0.4, -0.2) is 39.7 Å². The average molecular weight is 362 g/mol. The molecule has 0 fully saturated rings. The Labute approximate surface area is 145 Å². The van der Waals surface area contributed by atoms with Crippen LogP contribution in [0.15, 0.2) is 29.4 Å². The summed E-state index contributed by atoms with van der Waals surface area (Å²) in [5.41, 5.74) is 2.32. The number of carbonyl (C=O) groups is 2. The summed E-state index contributed by atoms with van der Waals surface area (Å²) in [6, 6.07) is 7.67. The second-order valence-corrected chi connectivity index (χ2v) is 6.78. The van der Waals surface area contributed by atoms with Crippen molar-refractivity contribution in [2.45, 2.75) is 12.1 Å². The van der Waals surface area contributed by atoms with Crippen LogP contribution in [0, 0.1) is 6.92 Å². The van der Waals surface area contributed by atoms with Gasteiger partial charge in [0.2, 0.25) is 5.91 Å². The third-order valence-corrected chi connectivity index (χ3v) is 5.05. The number of benzene rings is 1. The Morgan fingerprint density at radius 1 is 1.33 bits per heavy atom. The van der Waals surface area contributed by atoms with Crippen LogP contribution in [0.25, 0.3) is 11.0 Å². The standard InChI is InChI=1S/C15H14N4O3S2/c1-8-12(13(21)22-2)24-15(16-8)19-11(20)7-23-14-17-9-5-3-4-6-10(9)18-14/h3-6H,7H2,1-2H3,(H,17,18)(H,16,19,20). The van der Waals surface area contributed by atoms with Gasteiger partial charge in [0.1, 0.15) is 4.88 Å². The third kappa shape index (κ3) is 3.57. The molecule has 3 aromatic rings. The second kappa shape index (κ2) is 7.02. The van der Waals surface area contributed by atoms with Gasteiger partial charge in [0, 0.05) is 0 Å². The summed E-state index contributed by atoms with van der Waals surface area (Å²) in [5.74, 6) is -0.487. The number of aromatic amines is 1. The molecule has 0 bridgehead atoms. The number of rotatable bonds is 5. The maximum Gasteiger partial charge on any atom is 0.350 e. The van der Waals surface area contributed by atoms with Gasteiger partial charge in [-0.15, -0.1) is 0 Å². The molecule has 0 saturated heterocycles. The predicted molar refractivity (Wildman–Crippen MR) is 93.6 cm³/mol. The molecule has 0 aliphatic carbocycles. The number of hydrogen-bond acceptors (Lipinski definition) is 7. The molecule has 2 aromatic heterocycles. The van der Waals surface area contributed by atoms with Crippen LogP contribution in [0.4, 0.5) is 5.13 Å². The molecule has 3 rings (SSSR count). The van der Waals surface area contributed by atoms with Crippen molar-refractivity contribution in [3.63, 3.8) is 0 Å². The van der Waals surface area contributed by atoms with Crippen LogP contribution >= 0.6 is 23.1 Å². The number of anilines is 1. The van der Waals surface area contributed by atoms with Crippen molar-refractivity contribution in [2.75, 3.05) is 18.2 Å². The summed E-state index contributed by atoms with van der Waals surface area (Å²) in [6.45, 7) is 1.70. The fourth-order valence-electron chi connectivity index (χ4n) is 2.02. The van der Waals surface area contributed by atoms with Gasteiger partial charge in [-0.1, -0.05) is 35.2 Å². The number of nitrogens with one attached hydrogen (secondary N) is 2. The molecule has 0 aliphatic heterocycles. The monoisotopic (exact) mass is 362 g/mol. The molecule has 2 heterocycles. The molecule has 2 N–H and O–H groups in total. The van der Waals surface area contributed by atoms with Gasteiger partial charge in [0.25, 0.3) is 0 Å². The number of H-pyrrole nitrogens is 1. The zero-order valence-electron chi connectivity index (χ0n) is 13.0. The zero-order valence-corrected chi connectivity index (χ0v) is 14.6. The van der Waals surface area contributed by atoms with E-state index in [4.69, 9.17) is 0 Å². The van der Waals surface area contributed by atoms with E-state index in [1.807, 2.05) is 24.3 Å². The predicted octanol–water partition coefficient (Wildman–Crippen LogP) is 2.85. The van der Waals surface area contributed by atoms with E-state index in [1.54, 1.807) is 6.92 Å². The molecular formula is C15H14N4O3S2. The van der Waals surface area contributed by atoms with Gasteiger partial charge in [-0.3, -0.25) is 4.79 Å². The molecular weight excluding hydrogens is 348 g/mol. The van der Waals surface area contributed by atoms with E-state index in [-0.39, 0.29) is 11.7 Å². The number of imidazole rings is 1. The number of nitrogens with zero attached hydrogens (tertiary/aromatic N) is 2. The van der Waals surface area contributed by atoms with Gasteiger partial charge < -0.3 is 15.0 Å². The number of aromatic nitrogens is 3. The summed E-state index contributed by atoms with van der Waals surface area (Å²) in [4.78, 5) is 35.7. The van der Waals surface area contributed by atoms with Crippen LogP contribution in [0.5, 0.6) is 0 Å². The van der Waals surface area contributed by atoms with Crippen LogP contribution in [-0.2, 0) is 9.53 Å². The summed E-state index contributed by atoms with van der Waals surface area (Å²) < 4.78 is 4.67. The van der Waals surface area contributed by atoms with E-state index >= 15 is 0 Å². The molecule has 124 valence electrons. The van der Waals surface area contributed by atoms with Crippen LogP contribution < -0.4 is 5.32 Å². The van der Waals surface area contributed by atoms with Crippen LogP contribution in [0.2, 0.25) is 0 Å². The highest BCUT2D eigenvalue weighted by molar-refractivity contribution is 7.99. The molecule has 7 nitrogen and oxygen atoms in total. The highest BCUT2D eigenvalue weighted by Crippen LogP contribution is 2.24. The van der Waals surface area contributed by atoms with E-state index in [0.717, 1.165) is 22.4 Å². The quantitative estimate of drug-likeness (QED) is 0.535. The number of fused-ring (bicyclic) bond motifs is 1. The van der Waals surface area contributed by atoms with E-state index in [0.29, 0.717) is 20.9 Å². The van der Waals surface area contributed by atoms with Crippen molar-refractivity contribution in [1.29, 1.82) is 0 Å². The van der Waals surface area contributed by atoms with Crippen molar-refractivity contribution in [3.05, 3.63) is 34.8 Å². The summed E-state index contributed by atoms with van der Waals surface area (Å²) in [6.07, 6.45) is 0. The first-order valence-electron chi connectivity index (χ1n) is 7.00. The molecule has 0 radical (unpaired) electrons. The molecule has 0 unspecified atom stereocenters. The minimum atomic E-state index is -0.456. The number of ether oxygens (including phenoxy) is 1. The number of aryl methyl sites for hydroxylation is 1. The number of carbonyl (C=O) groups excluding carboxylic acids is 2. The van der Waals surface area contributed by atoms with Crippen molar-refractivity contribution in [3.8, 4) is 0 Å². The average Bonchev–Trinajstić information content (AvgIpc) is 3.15. The van der Waals surface area contributed by atoms with Gasteiger partial charge in [-0.2, -0.15) is 0 Å². The molecule has 0 spiro atoms. The van der Waals surface area contributed by atoms with Crippen molar-refractivity contribution in [1.82, 2.24) is 15.0 Å². The van der Waals surface area contributed by atoms with Crippen molar-refractivity contribution < 1.29 is 14.3 Å². The first-order chi connectivity index (χ1) is 11.6. The van der Waals surface area contributed by atoms with Gasteiger partial charge in [0.15, 0.2) is 10.3 Å². The number of amides is 1. The molecule has 24 heavy (non-hydrogen) atoms. The van der Waals surface area contributed by atoms with Crippen LogP contribution in [0.3, 0.4) is 0 Å². The van der Waals surface area contributed by atoms with Gasteiger partial charge >= 0.3 is 5.97 Å². The summed E-state index contributed by atoms with van der Waals surface area (Å²) in [5, 5.41) is 3.74. The number of methoxy groups -OCH3 is 1. The highest BCUT2D eigenvalue weighted by atomic mass is 32.2. The summed E-state index contributed by atoms with van der Waals surface area (Å²) in [7, 11) is 1.31. The highest BCUT2D eigenvalue weighted by Gasteiger charge is 2.17. The Kier molecular flexibility index (Phi) is 4.81. The smallest absolute Gasteiger partial charge is 0.350 e. The fourth-order valence-corrected chi connectivity index (χ4v) is 3.60. The number of esters is 1. The zero-order chi connectivity index (χ0) is 17.1. The number of para-hydroxylation sites is 2. The van der Waals surface area contributed by atoms with Crippen LogP contribution in [0.1, 0.15) is 15.4 Å².